The normalized spacial score (nSPS) is 12.2. The molecule has 1 heterocycles. The second-order valence-corrected chi connectivity index (χ2v) is 5.54. The van der Waals surface area contributed by atoms with Crippen molar-refractivity contribution in [3.05, 3.63) is 11.6 Å². The molecule has 1 atom stereocenters. The number of carbonyl (C=O) groups excluding carboxylic acids is 1. The predicted molar refractivity (Wildman–Crippen MR) is 76.6 cm³/mol. The van der Waals surface area contributed by atoms with Crippen LogP contribution in [0.4, 0.5) is 4.79 Å². The Kier molecular flexibility index (Phi) is 6.13. The largest absolute Gasteiger partial charge is 0.481 e. The van der Waals surface area contributed by atoms with Crippen LogP contribution < -0.4 is 5.32 Å². The van der Waals surface area contributed by atoms with Crippen LogP contribution in [0, 0.1) is 18.8 Å². The van der Waals surface area contributed by atoms with E-state index in [1.54, 1.807) is 14.0 Å². The van der Waals surface area contributed by atoms with Crippen molar-refractivity contribution in [1.29, 1.82) is 0 Å². The number of carboxylic acids is 1. The first kappa shape index (κ1) is 16.9. The summed E-state index contributed by atoms with van der Waals surface area (Å²) in [6.45, 7) is 6.06. The van der Waals surface area contributed by atoms with Crippen molar-refractivity contribution in [3.8, 4) is 0 Å². The van der Waals surface area contributed by atoms with Crippen molar-refractivity contribution in [1.82, 2.24) is 25.4 Å². The van der Waals surface area contributed by atoms with Gasteiger partial charge in [-0.1, -0.05) is 13.8 Å². The van der Waals surface area contributed by atoms with E-state index in [0.29, 0.717) is 18.1 Å². The van der Waals surface area contributed by atoms with E-state index in [1.807, 2.05) is 13.8 Å². The zero-order chi connectivity index (χ0) is 16.0. The Morgan fingerprint density at radius 1 is 1.43 bits per heavy atom. The maximum Gasteiger partial charge on any atom is 0.317 e. The monoisotopic (exact) mass is 297 g/mol. The minimum absolute atomic E-state index is 0.115. The van der Waals surface area contributed by atoms with Gasteiger partial charge in [0.1, 0.15) is 5.82 Å². The van der Waals surface area contributed by atoms with E-state index in [4.69, 9.17) is 5.11 Å². The number of aryl methyl sites for hydroxylation is 1. The van der Waals surface area contributed by atoms with Crippen molar-refractivity contribution in [2.45, 2.75) is 33.7 Å². The van der Waals surface area contributed by atoms with Crippen LogP contribution in [-0.2, 0) is 11.3 Å². The maximum atomic E-state index is 11.9. The van der Waals surface area contributed by atoms with Crippen LogP contribution in [0.5, 0.6) is 0 Å². The number of aromatic nitrogens is 3. The number of hydrogen-bond donors (Lipinski definition) is 3. The standard InChI is InChI=1S/C13H23N5O3/c1-8(2)5-10(12(19)20)6-14-13(21)18(4)7-11-15-9(3)16-17-11/h8,10H,5-7H2,1-4H3,(H,14,21)(H,19,20)(H,15,16,17). The lowest BCUT2D eigenvalue weighted by atomic mass is 9.97. The van der Waals surface area contributed by atoms with Crippen molar-refractivity contribution in [2.24, 2.45) is 11.8 Å². The first-order valence-electron chi connectivity index (χ1n) is 6.89. The van der Waals surface area contributed by atoms with Crippen LogP contribution >= 0.6 is 0 Å². The van der Waals surface area contributed by atoms with Crippen LogP contribution in [0.25, 0.3) is 0 Å². The number of H-pyrrole nitrogens is 1. The summed E-state index contributed by atoms with van der Waals surface area (Å²) < 4.78 is 0. The maximum absolute atomic E-state index is 11.9. The molecule has 0 saturated carbocycles. The third kappa shape index (κ3) is 5.80. The Morgan fingerprint density at radius 2 is 2.10 bits per heavy atom. The molecular weight excluding hydrogens is 274 g/mol. The van der Waals surface area contributed by atoms with E-state index >= 15 is 0 Å². The van der Waals surface area contributed by atoms with Crippen LogP contribution in [0.15, 0.2) is 0 Å². The Labute approximate surface area is 123 Å². The lowest BCUT2D eigenvalue weighted by molar-refractivity contribution is -0.142. The van der Waals surface area contributed by atoms with Gasteiger partial charge in [-0.05, 0) is 19.3 Å². The molecule has 0 aliphatic rings. The molecule has 0 bridgehead atoms. The lowest BCUT2D eigenvalue weighted by Gasteiger charge is -2.19. The molecule has 1 aromatic heterocycles. The molecule has 0 aliphatic carbocycles. The van der Waals surface area contributed by atoms with Gasteiger partial charge in [-0.25, -0.2) is 9.78 Å². The molecule has 0 aliphatic heterocycles. The van der Waals surface area contributed by atoms with Gasteiger partial charge in [-0.15, -0.1) is 0 Å². The molecule has 0 fully saturated rings. The molecular formula is C13H23N5O3. The minimum Gasteiger partial charge on any atom is -0.481 e. The Bertz CT molecular complexity index is 486. The van der Waals surface area contributed by atoms with Gasteiger partial charge in [-0.2, -0.15) is 5.10 Å². The lowest BCUT2D eigenvalue weighted by Crippen LogP contribution is -2.41. The van der Waals surface area contributed by atoms with E-state index in [2.05, 4.69) is 20.5 Å². The molecule has 1 aromatic rings. The number of nitrogens with one attached hydrogen (secondary N) is 2. The van der Waals surface area contributed by atoms with Gasteiger partial charge in [0.05, 0.1) is 12.5 Å². The van der Waals surface area contributed by atoms with Crippen LogP contribution in [-0.4, -0.2) is 50.8 Å². The molecule has 2 amide bonds. The molecule has 0 radical (unpaired) electrons. The van der Waals surface area contributed by atoms with Gasteiger partial charge >= 0.3 is 12.0 Å². The highest BCUT2D eigenvalue weighted by molar-refractivity contribution is 5.75. The summed E-state index contributed by atoms with van der Waals surface area (Å²) in [4.78, 5) is 28.6. The van der Waals surface area contributed by atoms with E-state index in [-0.39, 0.29) is 25.0 Å². The third-order valence-corrected chi connectivity index (χ3v) is 2.97. The number of carbonyl (C=O) groups is 2. The molecule has 0 aromatic carbocycles. The highest BCUT2D eigenvalue weighted by atomic mass is 16.4. The second-order valence-electron chi connectivity index (χ2n) is 5.54. The molecule has 0 saturated heterocycles. The highest BCUT2D eigenvalue weighted by Gasteiger charge is 2.20. The number of aliphatic carboxylic acids is 1. The van der Waals surface area contributed by atoms with Crippen LogP contribution in [0.1, 0.15) is 31.9 Å². The van der Waals surface area contributed by atoms with Gasteiger partial charge in [0.15, 0.2) is 5.82 Å². The Morgan fingerprint density at radius 3 is 2.57 bits per heavy atom. The summed E-state index contributed by atoms with van der Waals surface area (Å²) in [5, 5.41) is 18.4. The van der Waals surface area contributed by atoms with Crippen molar-refractivity contribution < 1.29 is 14.7 Å². The number of urea groups is 1. The molecule has 8 heteroatoms. The zero-order valence-electron chi connectivity index (χ0n) is 12.9. The van der Waals surface area contributed by atoms with Crippen molar-refractivity contribution >= 4 is 12.0 Å². The summed E-state index contributed by atoms with van der Waals surface area (Å²) in [6, 6.07) is -0.340. The fourth-order valence-corrected chi connectivity index (χ4v) is 1.93. The first-order chi connectivity index (χ1) is 9.79. The minimum atomic E-state index is -0.892. The fourth-order valence-electron chi connectivity index (χ4n) is 1.93. The molecule has 8 nitrogen and oxygen atoms in total. The number of nitrogens with zero attached hydrogens (tertiary/aromatic N) is 3. The van der Waals surface area contributed by atoms with E-state index < -0.39 is 11.9 Å². The predicted octanol–water partition coefficient (Wildman–Crippen LogP) is 1.00. The van der Waals surface area contributed by atoms with Gasteiger partial charge in [0.25, 0.3) is 0 Å². The average molecular weight is 297 g/mol. The first-order valence-corrected chi connectivity index (χ1v) is 6.89. The summed E-state index contributed by atoms with van der Waals surface area (Å²) in [5.74, 6) is -0.00916. The van der Waals surface area contributed by atoms with Crippen LogP contribution in [0.2, 0.25) is 0 Å². The third-order valence-electron chi connectivity index (χ3n) is 2.97. The van der Waals surface area contributed by atoms with Crippen molar-refractivity contribution in [2.75, 3.05) is 13.6 Å². The molecule has 1 rings (SSSR count). The zero-order valence-corrected chi connectivity index (χ0v) is 12.9. The fraction of sp³-hybridized carbons (Fsp3) is 0.692. The smallest absolute Gasteiger partial charge is 0.317 e. The van der Waals surface area contributed by atoms with Crippen LogP contribution in [0.3, 0.4) is 0 Å². The summed E-state index contributed by atoms with van der Waals surface area (Å²) in [6.07, 6.45) is 0.527. The Balaban J connectivity index is 2.45. The summed E-state index contributed by atoms with van der Waals surface area (Å²) in [7, 11) is 1.61. The second kappa shape index (κ2) is 7.61. The van der Waals surface area contributed by atoms with Gasteiger partial charge in [0, 0.05) is 13.6 Å². The quantitative estimate of drug-likeness (QED) is 0.695. The number of aromatic amines is 1. The van der Waals surface area contributed by atoms with Gasteiger partial charge < -0.3 is 15.3 Å². The van der Waals surface area contributed by atoms with E-state index in [9.17, 15) is 9.59 Å². The van der Waals surface area contributed by atoms with Gasteiger partial charge in [0.2, 0.25) is 0 Å². The summed E-state index contributed by atoms with van der Waals surface area (Å²) in [5.41, 5.74) is 0. The van der Waals surface area contributed by atoms with E-state index in [1.165, 1.54) is 4.90 Å². The Hall–Kier alpha value is -2.12. The SMILES string of the molecule is Cc1nc(CN(C)C(=O)NCC(CC(C)C)C(=O)O)n[nH]1. The molecule has 1 unspecified atom stereocenters. The van der Waals surface area contributed by atoms with Crippen molar-refractivity contribution in [3.63, 3.8) is 0 Å². The number of amides is 2. The summed E-state index contributed by atoms with van der Waals surface area (Å²) >= 11 is 0. The highest BCUT2D eigenvalue weighted by Crippen LogP contribution is 2.11. The van der Waals surface area contributed by atoms with E-state index in [0.717, 1.165) is 0 Å². The number of carboxylic acid groups (broad SMARTS) is 1. The van der Waals surface area contributed by atoms with Gasteiger partial charge in [-0.3, -0.25) is 9.89 Å². The molecule has 118 valence electrons. The average Bonchev–Trinajstić information content (AvgIpc) is 2.78. The molecule has 0 spiro atoms. The number of rotatable bonds is 7. The topological polar surface area (TPSA) is 111 Å². The molecule has 3 N–H and O–H groups in total. The molecule has 21 heavy (non-hydrogen) atoms. The number of hydrogen-bond acceptors (Lipinski definition) is 4.